The minimum Gasteiger partial charge on any atom is -0.506 e. The average Bonchev–Trinajstić information content (AvgIpc) is 2.89. The minimum absolute atomic E-state index is 0.0683. The maximum Gasteiger partial charge on any atom is 0.264 e. The molecule has 4 heteroatoms. The number of aromatic nitrogens is 1. The zero-order valence-electron chi connectivity index (χ0n) is 14.0. The van der Waals surface area contributed by atoms with Gasteiger partial charge in [-0.3, -0.25) is 9.36 Å². The van der Waals surface area contributed by atoms with Crippen LogP contribution in [0.15, 0.2) is 29.1 Å². The summed E-state index contributed by atoms with van der Waals surface area (Å²) >= 11 is 1.51. The first kappa shape index (κ1) is 16.4. The van der Waals surface area contributed by atoms with Crippen molar-refractivity contribution in [2.24, 2.45) is 0 Å². The summed E-state index contributed by atoms with van der Waals surface area (Å²) in [6.45, 7) is 6.19. The highest BCUT2D eigenvalue weighted by molar-refractivity contribution is 7.18. The van der Waals surface area contributed by atoms with Gasteiger partial charge >= 0.3 is 0 Å². The number of hydrogen-bond acceptors (Lipinski definition) is 3. The van der Waals surface area contributed by atoms with Crippen LogP contribution in [-0.2, 0) is 13.0 Å². The van der Waals surface area contributed by atoms with Crippen molar-refractivity contribution < 1.29 is 5.11 Å². The minimum atomic E-state index is -0.240. The number of thiophene rings is 1. The molecule has 2 aromatic heterocycles. The van der Waals surface area contributed by atoms with Gasteiger partial charge in [-0.1, -0.05) is 37.1 Å². The van der Waals surface area contributed by atoms with Crippen molar-refractivity contribution in [3.63, 3.8) is 0 Å². The molecule has 0 bridgehead atoms. The highest BCUT2D eigenvalue weighted by Crippen LogP contribution is 2.41. The monoisotopic (exact) mass is 337 g/mol. The maximum absolute atomic E-state index is 13.1. The molecule has 0 aliphatic heterocycles. The fraction of sp³-hybridized carbons (Fsp3) is 0.250. The Morgan fingerprint density at radius 3 is 2.62 bits per heavy atom. The fourth-order valence-corrected chi connectivity index (χ4v) is 4.45. The van der Waals surface area contributed by atoms with E-state index in [4.69, 9.17) is 6.42 Å². The van der Waals surface area contributed by atoms with Gasteiger partial charge in [0, 0.05) is 4.88 Å². The van der Waals surface area contributed by atoms with Gasteiger partial charge in [0.15, 0.2) is 0 Å². The lowest BCUT2D eigenvalue weighted by atomic mass is 9.98. The largest absolute Gasteiger partial charge is 0.506 e. The second kappa shape index (κ2) is 6.18. The Morgan fingerprint density at radius 1 is 1.29 bits per heavy atom. The van der Waals surface area contributed by atoms with Gasteiger partial charge in [-0.25, -0.2) is 0 Å². The lowest BCUT2D eigenvalue weighted by Crippen LogP contribution is -2.21. The van der Waals surface area contributed by atoms with Crippen molar-refractivity contribution >= 4 is 21.6 Å². The Kier molecular flexibility index (Phi) is 4.21. The Bertz CT molecular complexity index is 1030. The topological polar surface area (TPSA) is 42.2 Å². The summed E-state index contributed by atoms with van der Waals surface area (Å²) in [7, 11) is 0. The number of nitrogens with zero attached hydrogens (tertiary/aromatic N) is 1. The predicted molar refractivity (Wildman–Crippen MR) is 101 cm³/mol. The molecule has 0 atom stereocenters. The second-order valence-electron chi connectivity index (χ2n) is 5.80. The predicted octanol–water partition coefficient (Wildman–Crippen LogP) is 4.25. The quantitative estimate of drug-likeness (QED) is 0.726. The second-order valence-corrected chi connectivity index (χ2v) is 7.01. The van der Waals surface area contributed by atoms with Gasteiger partial charge in [-0.05, 0) is 37.0 Å². The van der Waals surface area contributed by atoms with Crippen molar-refractivity contribution in [1.82, 2.24) is 4.57 Å². The Hall–Kier alpha value is -2.51. The van der Waals surface area contributed by atoms with Crippen LogP contribution in [0.1, 0.15) is 22.9 Å². The zero-order valence-corrected chi connectivity index (χ0v) is 14.8. The van der Waals surface area contributed by atoms with E-state index in [0.717, 1.165) is 38.2 Å². The summed E-state index contributed by atoms with van der Waals surface area (Å²) in [5, 5.41) is 11.7. The highest BCUT2D eigenvalue weighted by atomic mass is 32.1. The van der Waals surface area contributed by atoms with Crippen molar-refractivity contribution in [2.45, 2.75) is 33.7 Å². The fourth-order valence-electron chi connectivity index (χ4n) is 3.21. The number of rotatable bonds is 3. The van der Waals surface area contributed by atoms with Crippen molar-refractivity contribution in [2.75, 3.05) is 0 Å². The zero-order chi connectivity index (χ0) is 17.4. The van der Waals surface area contributed by atoms with Gasteiger partial charge in [0.2, 0.25) is 0 Å². The van der Waals surface area contributed by atoms with Crippen molar-refractivity contribution in [3.05, 3.63) is 50.6 Å². The summed E-state index contributed by atoms with van der Waals surface area (Å²) in [5.41, 5.74) is 2.87. The number of terminal acetylenes is 1. The van der Waals surface area contributed by atoms with Crippen LogP contribution < -0.4 is 5.56 Å². The summed E-state index contributed by atoms with van der Waals surface area (Å²) in [4.78, 5) is 14.9. The first-order valence-corrected chi connectivity index (χ1v) is 8.70. The normalized spacial score (nSPS) is 10.9. The van der Waals surface area contributed by atoms with Gasteiger partial charge in [-0.2, -0.15) is 0 Å². The number of benzene rings is 1. The van der Waals surface area contributed by atoms with Gasteiger partial charge in [0.05, 0.1) is 17.5 Å². The molecule has 2 heterocycles. The van der Waals surface area contributed by atoms with E-state index in [1.807, 2.05) is 38.1 Å². The molecule has 0 aliphatic rings. The molecule has 0 spiro atoms. The van der Waals surface area contributed by atoms with Crippen molar-refractivity contribution in [1.29, 1.82) is 0 Å². The third-order valence-electron chi connectivity index (χ3n) is 4.39. The maximum atomic E-state index is 13.1. The number of hydrogen-bond donors (Lipinski definition) is 1. The molecule has 3 nitrogen and oxygen atoms in total. The number of pyridine rings is 1. The van der Waals surface area contributed by atoms with Crippen LogP contribution in [0, 0.1) is 26.2 Å². The molecule has 0 aliphatic carbocycles. The number of aromatic hydroxyl groups is 1. The molecule has 122 valence electrons. The van der Waals surface area contributed by atoms with Crippen LogP contribution in [-0.4, -0.2) is 9.67 Å². The Labute approximate surface area is 145 Å². The first-order chi connectivity index (χ1) is 11.5. The summed E-state index contributed by atoms with van der Waals surface area (Å²) in [5.74, 6) is 2.63. The van der Waals surface area contributed by atoms with E-state index in [1.165, 1.54) is 11.3 Å². The van der Waals surface area contributed by atoms with Crippen LogP contribution >= 0.6 is 11.3 Å². The van der Waals surface area contributed by atoms with E-state index in [1.54, 1.807) is 4.57 Å². The molecule has 1 N–H and O–H groups in total. The van der Waals surface area contributed by atoms with E-state index >= 15 is 0 Å². The third kappa shape index (κ3) is 2.33. The number of aryl methyl sites for hydroxylation is 3. The molecule has 0 radical (unpaired) electrons. The standard InChI is InChI=1S/C20H19NO2S/c1-5-11-21-19(23)16(15-10-8-7-9-12(15)3)18(22)17-14(6-2)13(4)24-20(17)21/h1,7-10,22H,6,11H2,2-4H3. The molecule has 3 aromatic rings. The molecule has 0 saturated carbocycles. The van der Waals surface area contributed by atoms with E-state index in [0.29, 0.717) is 5.56 Å². The van der Waals surface area contributed by atoms with Crippen LogP contribution in [0.2, 0.25) is 0 Å². The molecule has 3 rings (SSSR count). The van der Waals surface area contributed by atoms with Gasteiger partial charge in [-0.15, -0.1) is 17.8 Å². The van der Waals surface area contributed by atoms with Crippen LogP contribution in [0.4, 0.5) is 0 Å². The summed E-state index contributed by atoms with van der Waals surface area (Å²) < 4.78 is 1.60. The molecule has 24 heavy (non-hydrogen) atoms. The molecule has 0 fully saturated rings. The summed E-state index contributed by atoms with van der Waals surface area (Å²) in [6, 6.07) is 7.59. The van der Waals surface area contributed by atoms with E-state index in [-0.39, 0.29) is 17.9 Å². The molecular weight excluding hydrogens is 318 g/mol. The van der Waals surface area contributed by atoms with Gasteiger partial charge in [0.1, 0.15) is 10.6 Å². The van der Waals surface area contributed by atoms with E-state index in [2.05, 4.69) is 12.8 Å². The highest BCUT2D eigenvalue weighted by Gasteiger charge is 2.23. The molecule has 1 aromatic carbocycles. The van der Waals surface area contributed by atoms with Gasteiger partial charge < -0.3 is 5.11 Å². The third-order valence-corrected chi connectivity index (χ3v) is 5.56. The van der Waals surface area contributed by atoms with Crippen LogP contribution in [0.25, 0.3) is 21.3 Å². The van der Waals surface area contributed by atoms with Crippen LogP contribution in [0.5, 0.6) is 5.75 Å². The van der Waals surface area contributed by atoms with E-state index < -0.39 is 0 Å². The first-order valence-electron chi connectivity index (χ1n) is 7.88. The Balaban J connectivity index is 2.54. The van der Waals surface area contributed by atoms with Crippen LogP contribution in [0.3, 0.4) is 0 Å². The van der Waals surface area contributed by atoms with E-state index in [9.17, 15) is 9.90 Å². The summed E-state index contributed by atoms with van der Waals surface area (Å²) in [6.07, 6.45) is 6.28. The molecule has 0 saturated heterocycles. The lowest BCUT2D eigenvalue weighted by Gasteiger charge is -2.13. The van der Waals surface area contributed by atoms with Gasteiger partial charge in [0.25, 0.3) is 5.56 Å². The molecular formula is C20H19NO2S. The molecule has 0 amide bonds. The smallest absolute Gasteiger partial charge is 0.264 e. The van der Waals surface area contributed by atoms with Crippen molar-refractivity contribution in [3.8, 4) is 29.2 Å². The molecule has 0 unspecified atom stereocenters. The number of fused-ring (bicyclic) bond motifs is 1. The Morgan fingerprint density at radius 2 is 2.00 bits per heavy atom. The average molecular weight is 337 g/mol. The lowest BCUT2D eigenvalue weighted by molar-refractivity contribution is 0.481. The SMILES string of the molecule is C#CCn1c(=O)c(-c2ccccc2C)c(O)c2c(CC)c(C)sc21.